The first kappa shape index (κ1) is 24.2. The van der Waals surface area contributed by atoms with E-state index < -0.39 is 17.7 Å². The summed E-state index contributed by atoms with van der Waals surface area (Å²) < 4.78 is 38.8. The van der Waals surface area contributed by atoms with Gasteiger partial charge in [-0.2, -0.15) is 13.2 Å². The number of aliphatic carboxylic acids is 1. The van der Waals surface area contributed by atoms with Crippen LogP contribution < -0.4 is 10.2 Å². The first-order chi connectivity index (χ1) is 15.6. The van der Waals surface area contributed by atoms with E-state index in [-0.39, 0.29) is 5.82 Å². The Morgan fingerprint density at radius 2 is 2.03 bits per heavy atom. The molecule has 0 saturated carbocycles. The van der Waals surface area contributed by atoms with E-state index in [4.69, 9.17) is 5.11 Å². The largest absolute Gasteiger partial charge is 0.478 e. The summed E-state index contributed by atoms with van der Waals surface area (Å²) in [6.07, 6.45) is 1.00. The van der Waals surface area contributed by atoms with Gasteiger partial charge in [-0.05, 0) is 44.0 Å². The van der Waals surface area contributed by atoms with Gasteiger partial charge in [-0.25, -0.2) is 19.7 Å². The minimum Gasteiger partial charge on any atom is -0.478 e. The monoisotopic (exact) mass is 477 g/mol. The van der Waals surface area contributed by atoms with Crippen molar-refractivity contribution in [2.75, 3.05) is 23.8 Å². The van der Waals surface area contributed by atoms with Gasteiger partial charge in [0.25, 0.3) is 0 Å². The molecule has 0 unspecified atom stereocenters. The molecule has 0 aliphatic rings. The van der Waals surface area contributed by atoms with Crippen molar-refractivity contribution in [1.29, 1.82) is 0 Å². The van der Waals surface area contributed by atoms with E-state index in [9.17, 15) is 18.0 Å². The standard InChI is InChI=1S/C22H22F3N5O2S/c1-14(11-20(31)32)5-4-10-30(2)21-27-13-17(33-21)16-6-3-7-18(28-16)29-19-12-15(8-9-26-19)22(23,24)25/h3,6-9,11-13H,4-5,10H2,1-2H3,(H,31,32)(H,26,28,29)/b14-11+. The molecule has 3 rings (SSSR count). The second-order valence-corrected chi connectivity index (χ2v) is 8.33. The van der Waals surface area contributed by atoms with Crippen molar-refractivity contribution >= 4 is 34.1 Å². The number of nitrogens with zero attached hydrogens (tertiary/aromatic N) is 4. The van der Waals surface area contributed by atoms with Gasteiger partial charge < -0.3 is 15.3 Å². The summed E-state index contributed by atoms with van der Waals surface area (Å²) >= 11 is 1.44. The molecular formula is C22H22F3N5O2S. The van der Waals surface area contributed by atoms with Crippen molar-refractivity contribution in [3.63, 3.8) is 0 Å². The third kappa shape index (κ3) is 7.01. The van der Waals surface area contributed by atoms with E-state index >= 15 is 0 Å². The normalized spacial score (nSPS) is 12.0. The van der Waals surface area contributed by atoms with Gasteiger partial charge in [-0.1, -0.05) is 23.0 Å². The van der Waals surface area contributed by atoms with Crippen molar-refractivity contribution in [3.05, 3.63) is 59.9 Å². The van der Waals surface area contributed by atoms with Gasteiger partial charge in [-0.15, -0.1) is 0 Å². The summed E-state index contributed by atoms with van der Waals surface area (Å²) in [7, 11) is 1.91. The second-order valence-electron chi connectivity index (χ2n) is 7.32. The number of halogens is 3. The first-order valence-corrected chi connectivity index (χ1v) is 10.8. The number of anilines is 3. The minimum atomic E-state index is -4.45. The number of carboxylic acid groups (broad SMARTS) is 1. The molecule has 3 heterocycles. The van der Waals surface area contributed by atoms with Crippen LogP contribution in [0.5, 0.6) is 0 Å². The number of carboxylic acids is 1. The SMILES string of the molecule is C/C(=C\C(=O)O)CCCN(C)c1ncc(-c2cccc(Nc3cc(C(F)(F)F)ccn3)n2)s1. The number of pyridine rings is 2. The van der Waals surface area contributed by atoms with Crippen molar-refractivity contribution in [3.8, 4) is 10.6 Å². The molecule has 0 radical (unpaired) electrons. The van der Waals surface area contributed by atoms with E-state index in [0.29, 0.717) is 24.5 Å². The van der Waals surface area contributed by atoms with Crippen LogP contribution in [0.2, 0.25) is 0 Å². The quantitative estimate of drug-likeness (QED) is 0.387. The Hall–Kier alpha value is -3.47. The van der Waals surface area contributed by atoms with Crippen LogP contribution in [0.3, 0.4) is 0 Å². The second kappa shape index (κ2) is 10.4. The molecule has 0 bridgehead atoms. The van der Waals surface area contributed by atoms with Gasteiger partial charge in [0.2, 0.25) is 0 Å². The lowest BCUT2D eigenvalue weighted by atomic mass is 10.1. The molecule has 0 aliphatic carbocycles. The number of rotatable bonds is 9. The van der Waals surface area contributed by atoms with Gasteiger partial charge in [-0.3, -0.25) is 0 Å². The van der Waals surface area contributed by atoms with Crippen LogP contribution in [0.25, 0.3) is 10.6 Å². The molecule has 0 atom stereocenters. The Balaban J connectivity index is 1.66. The van der Waals surface area contributed by atoms with Crippen molar-refractivity contribution < 1.29 is 23.1 Å². The Morgan fingerprint density at radius 3 is 2.76 bits per heavy atom. The Labute approximate surface area is 192 Å². The number of aromatic nitrogens is 3. The van der Waals surface area contributed by atoms with E-state index in [1.54, 1.807) is 31.3 Å². The molecule has 7 nitrogen and oxygen atoms in total. The Bertz CT molecular complexity index is 1150. The van der Waals surface area contributed by atoms with Gasteiger partial charge in [0, 0.05) is 32.1 Å². The molecule has 11 heteroatoms. The molecule has 174 valence electrons. The van der Waals surface area contributed by atoms with Crippen LogP contribution in [0, 0.1) is 0 Å². The minimum absolute atomic E-state index is 0.0476. The molecule has 3 aromatic rings. The average molecular weight is 478 g/mol. The topological polar surface area (TPSA) is 91.2 Å². The Kier molecular flexibility index (Phi) is 7.64. The number of hydrogen-bond donors (Lipinski definition) is 2. The maximum atomic E-state index is 12.9. The van der Waals surface area contributed by atoms with E-state index in [0.717, 1.165) is 40.3 Å². The van der Waals surface area contributed by atoms with Crippen LogP contribution in [0.15, 0.2) is 54.4 Å². The zero-order chi connectivity index (χ0) is 24.0. The van der Waals surface area contributed by atoms with Crippen LogP contribution in [-0.2, 0) is 11.0 Å². The molecule has 0 amide bonds. The van der Waals surface area contributed by atoms with Crippen LogP contribution >= 0.6 is 11.3 Å². The fraction of sp³-hybridized carbons (Fsp3) is 0.273. The number of allylic oxidation sites excluding steroid dienone is 1. The van der Waals surface area contributed by atoms with Crippen LogP contribution in [0.1, 0.15) is 25.3 Å². The highest BCUT2D eigenvalue weighted by molar-refractivity contribution is 7.18. The smallest absolute Gasteiger partial charge is 0.416 e. The molecule has 3 aromatic heterocycles. The lowest BCUT2D eigenvalue weighted by molar-refractivity contribution is -0.137. The first-order valence-electron chi connectivity index (χ1n) is 9.96. The molecule has 0 aliphatic heterocycles. The van der Waals surface area contributed by atoms with Gasteiger partial charge in [0.15, 0.2) is 5.13 Å². The summed E-state index contributed by atoms with van der Waals surface area (Å²) in [5.41, 5.74) is 0.642. The third-order valence-electron chi connectivity index (χ3n) is 4.60. The van der Waals surface area contributed by atoms with Crippen molar-refractivity contribution in [1.82, 2.24) is 15.0 Å². The summed E-state index contributed by atoms with van der Waals surface area (Å²) in [5.74, 6) is -0.534. The Morgan fingerprint density at radius 1 is 1.24 bits per heavy atom. The fourth-order valence-electron chi connectivity index (χ4n) is 2.98. The van der Waals surface area contributed by atoms with Gasteiger partial charge in [0.05, 0.1) is 16.1 Å². The predicted molar refractivity (Wildman–Crippen MR) is 122 cm³/mol. The van der Waals surface area contributed by atoms with Gasteiger partial charge in [0.1, 0.15) is 11.6 Å². The van der Waals surface area contributed by atoms with Crippen LogP contribution in [-0.4, -0.2) is 39.6 Å². The fourth-order valence-corrected chi connectivity index (χ4v) is 3.85. The van der Waals surface area contributed by atoms with Crippen molar-refractivity contribution in [2.24, 2.45) is 0 Å². The molecule has 0 fully saturated rings. The molecular weight excluding hydrogens is 455 g/mol. The lowest BCUT2D eigenvalue weighted by Crippen LogP contribution is -2.18. The number of thiazole rings is 1. The summed E-state index contributed by atoms with van der Waals surface area (Å²) in [6.45, 7) is 2.49. The molecule has 33 heavy (non-hydrogen) atoms. The zero-order valence-electron chi connectivity index (χ0n) is 17.9. The maximum absolute atomic E-state index is 12.9. The van der Waals surface area contributed by atoms with E-state index in [2.05, 4.69) is 20.3 Å². The summed E-state index contributed by atoms with van der Waals surface area (Å²) in [6, 6.07) is 7.03. The highest BCUT2D eigenvalue weighted by Crippen LogP contribution is 2.32. The molecule has 0 spiro atoms. The predicted octanol–water partition coefficient (Wildman–Crippen LogP) is 5.61. The number of nitrogens with one attached hydrogen (secondary N) is 1. The van der Waals surface area contributed by atoms with E-state index in [1.807, 2.05) is 11.9 Å². The average Bonchev–Trinajstić information content (AvgIpc) is 3.23. The van der Waals surface area contributed by atoms with E-state index in [1.165, 1.54) is 17.4 Å². The number of alkyl halides is 3. The molecule has 2 N–H and O–H groups in total. The molecule has 0 saturated heterocycles. The highest BCUT2D eigenvalue weighted by atomic mass is 32.1. The summed E-state index contributed by atoms with van der Waals surface area (Å²) in [5, 5.41) is 12.4. The van der Waals surface area contributed by atoms with Crippen molar-refractivity contribution in [2.45, 2.75) is 25.9 Å². The van der Waals surface area contributed by atoms with Gasteiger partial charge >= 0.3 is 12.1 Å². The summed E-state index contributed by atoms with van der Waals surface area (Å²) in [4.78, 5) is 26.3. The third-order valence-corrected chi connectivity index (χ3v) is 5.73. The maximum Gasteiger partial charge on any atom is 0.416 e. The highest BCUT2D eigenvalue weighted by Gasteiger charge is 2.30. The van der Waals surface area contributed by atoms with Crippen LogP contribution in [0.4, 0.5) is 29.9 Å². The molecule has 0 aromatic carbocycles. The number of carbonyl (C=O) groups is 1. The number of hydrogen-bond acceptors (Lipinski definition) is 7. The lowest BCUT2D eigenvalue weighted by Gasteiger charge is -2.15. The zero-order valence-corrected chi connectivity index (χ0v) is 18.7.